The van der Waals surface area contributed by atoms with Crippen molar-refractivity contribution in [3.05, 3.63) is 12.7 Å². The lowest BCUT2D eigenvalue weighted by molar-refractivity contribution is -0.144. The highest BCUT2D eigenvalue weighted by Gasteiger charge is 2.63. The molecular weight excluding hydrogens is 492 g/mol. The summed E-state index contributed by atoms with van der Waals surface area (Å²) >= 11 is 0. The number of Topliss-reactive ketones (excluding diaryl/α,β-unsaturated/α-hetero) is 1. The van der Waals surface area contributed by atoms with Gasteiger partial charge in [0.05, 0.1) is 22.3 Å². The molecular formula is C28H46N2O6S. The first kappa shape index (κ1) is 29.8. The van der Waals surface area contributed by atoms with Crippen LogP contribution in [0.5, 0.6) is 0 Å². The monoisotopic (exact) mass is 538 g/mol. The summed E-state index contributed by atoms with van der Waals surface area (Å²) in [5.41, 5.74) is -1.38. The average Bonchev–Trinajstić information content (AvgIpc) is 3.71. The van der Waals surface area contributed by atoms with Crippen molar-refractivity contribution in [1.82, 2.24) is 9.62 Å². The zero-order chi connectivity index (χ0) is 27.8. The molecule has 1 heterocycles. The van der Waals surface area contributed by atoms with Crippen LogP contribution in [0.2, 0.25) is 0 Å². The predicted molar refractivity (Wildman–Crippen MR) is 143 cm³/mol. The molecule has 9 heteroatoms. The minimum atomic E-state index is -3.87. The molecule has 2 amide bonds. The lowest BCUT2D eigenvalue weighted by Crippen LogP contribution is -2.48. The number of likely N-dealkylation sites (tertiary alicyclic amines) is 1. The van der Waals surface area contributed by atoms with Gasteiger partial charge in [-0.25, -0.2) is 8.42 Å². The third kappa shape index (κ3) is 6.13. The minimum absolute atomic E-state index is 0.0848. The molecule has 210 valence electrons. The summed E-state index contributed by atoms with van der Waals surface area (Å²) in [4.78, 5) is 41.7. The number of hydrogen-bond acceptors (Lipinski definition) is 6. The van der Waals surface area contributed by atoms with Gasteiger partial charge >= 0.3 is 0 Å². The van der Waals surface area contributed by atoms with Crippen LogP contribution in [0, 0.1) is 22.7 Å². The molecule has 2 aliphatic carbocycles. The maximum atomic E-state index is 13.5. The Bertz CT molecular complexity index is 1010. The summed E-state index contributed by atoms with van der Waals surface area (Å²) in [6, 6.07) is -0.800. The molecule has 37 heavy (non-hydrogen) atoms. The molecule has 0 aromatic rings. The van der Waals surface area contributed by atoms with Crippen LogP contribution in [0.15, 0.2) is 12.7 Å². The van der Waals surface area contributed by atoms with E-state index in [4.69, 9.17) is 0 Å². The van der Waals surface area contributed by atoms with Gasteiger partial charge < -0.3 is 10.0 Å². The molecule has 2 saturated carbocycles. The van der Waals surface area contributed by atoms with Gasteiger partial charge in [-0.15, -0.1) is 6.58 Å². The minimum Gasteiger partial charge on any atom is -0.391 e. The van der Waals surface area contributed by atoms with Crippen molar-refractivity contribution in [2.24, 2.45) is 22.7 Å². The fourth-order valence-corrected chi connectivity index (χ4v) is 7.48. The predicted octanol–water partition coefficient (Wildman–Crippen LogP) is 3.73. The van der Waals surface area contributed by atoms with Gasteiger partial charge in [-0.3, -0.25) is 19.1 Å². The van der Waals surface area contributed by atoms with Crippen LogP contribution in [-0.2, 0) is 24.4 Å². The Morgan fingerprint density at radius 2 is 1.86 bits per heavy atom. The number of allylic oxidation sites excluding steroid dienone is 1. The number of nitrogens with zero attached hydrogens (tertiary/aromatic N) is 1. The zero-order valence-electron chi connectivity index (χ0n) is 23.2. The van der Waals surface area contributed by atoms with E-state index >= 15 is 0 Å². The van der Waals surface area contributed by atoms with Gasteiger partial charge in [0, 0.05) is 25.3 Å². The van der Waals surface area contributed by atoms with Crippen LogP contribution in [0.3, 0.4) is 0 Å². The van der Waals surface area contributed by atoms with Crippen molar-refractivity contribution >= 4 is 27.6 Å². The normalized spacial score (nSPS) is 29.5. The van der Waals surface area contributed by atoms with E-state index in [0.29, 0.717) is 32.1 Å². The van der Waals surface area contributed by atoms with E-state index in [1.807, 2.05) is 40.7 Å². The standard InChI is InChI=1S/C28H46N2O6S/c1-7-9-10-11-12-27(13-14-27)37(35,36)29-25(34)28(16-20(28)8-2)17-23(32)22-15-21(31)18-30(22)24(33)19(3)26(4,5)6/h7,19-22,31H,1,8-18H2,2-6H3,(H,29,34)/t19-,20-,21-,22+,28-/m1/s1. The number of sulfonamides is 1. The molecule has 1 aliphatic heterocycles. The maximum Gasteiger partial charge on any atom is 0.240 e. The summed E-state index contributed by atoms with van der Waals surface area (Å²) in [7, 11) is -3.87. The van der Waals surface area contributed by atoms with Crippen LogP contribution in [0.25, 0.3) is 0 Å². The van der Waals surface area contributed by atoms with Gasteiger partial charge in [-0.1, -0.05) is 53.5 Å². The Morgan fingerprint density at radius 1 is 1.22 bits per heavy atom. The summed E-state index contributed by atoms with van der Waals surface area (Å²) in [5.74, 6) is -1.48. The number of β-amino-alcohol motifs (C(OH)–C–C–N with tert-alkyl or cyclic N) is 1. The first-order valence-electron chi connectivity index (χ1n) is 13.8. The molecule has 3 fully saturated rings. The van der Waals surface area contributed by atoms with Crippen LogP contribution < -0.4 is 4.72 Å². The van der Waals surface area contributed by atoms with Gasteiger partial charge in [-0.2, -0.15) is 0 Å². The number of aliphatic hydroxyl groups excluding tert-OH is 1. The van der Waals surface area contributed by atoms with Gasteiger partial charge in [0.2, 0.25) is 21.8 Å². The van der Waals surface area contributed by atoms with Crippen LogP contribution >= 0.6 is 0 Å². The van der Waals surface area contributed by atoms with Crippen molar-refractivity contribution < 1.29 is 27.9 Å². The van der Waals surface area contributed by atoms with Gasteiger partial charge in [0.25, 0.3) is 0 Å². The molecule has 0 radical (unpaired) electrons. The average molecular weight is 539 g/mol. The number of carbonyl (C=O) groups excluding carboxylic acids is 3. The molecule has 1 saturated heterocycles. The van der Waals surface area contributed by atoms with Crippen LogP contribution in [-0.4, -0.2) is 59.5 Å². The Balaban J connectivity index is 1.72. The Hall–Kier alpha value is -1.74. The fourth-order valence-electron chi connectivity index (χ4n) is 5.76. The van der Waals surface area contributed by atoms with Crippen molar-refractivity contribution in [2.75, 3.05) is 6.54 Å². The van der Waals surface area contributed by atoms with Crippen molar-refractivity contribution in [3.8, 4) is 0 Å². The van der Waals surface area contributed by atoms with Gasteiger partial charge in [-0.05, 0) is 49.9 Å². The molecule has 3 rings (SSSR count). The SMILES string of the molecule is C=CCCCCC1(S(=O)(=O)NC(=O)[C@@]2(CC(=O)[C@@H]3C[C@@H](O)CN3C(=O)[C@@H](C)C(C)(C)C)C[C@H]2CC)CC1. The molecule has 0 aromatic heterocycles. The number of rotatable bonds is 13. The second-order valence-corrected chi connectivity index (χ2v) is 14.8. The molecule has 3 aliphatic rings. The topological polar surface area (TPSA) is 121 Å². The lowest BCUT2D eigenvalue weighted by atomic mass is 9.81. The van der Waals surface area contributed by atoms with Crippen LogP contribution in [0.4, 0.5) is 0 Å². The first-order valence-corrected chi connectivity index (χ1v) is 15.3. The fraction of sp³-hybridized carbons (Fsp3) is 0.821. The first-order chi connectivity index (χ1) is 17.1. The Morgan fingerprint density at radius 3 is 2.38 bits per heavy atom. The van der Waals surface area contributed by atoms with E-state index in [1.54, 1.807) is 0 Å². The third-order valence-electron chi connectivity index (χ3n) is 9.17. The summed E-state index contributed by atoms with van der Waals surface area (Å²) < 4.78 is 27.9. The smallest absolute Gasteiger partial charge is 0.240 e. The van der Waals surface area contributed by atoms with Gasteiger partial charge in [0.15, 0.2) is 5.78 Å². The highest BCUT2D eigenvalue weighted by molar-refractivity contribution is 7.91. The van der Waals surface area contributed by atoms with Crippen molar-refractivity contribution in [3.63, 3.8) is 0 Å². The molecule has 0 unspecified atom stereocenters. The number of carbonyl (C=O) groups is 3. The van der Waals surface area contributed by atoms with E-state index in [9.17, 15) is 27.9 Å². The third-order valence-corrected chi connectivity index (χ3v) is 11.4. The summed E-state index contributed by atoms with van der Waals surface area (Å²) in [5, 5.41) is 10.3. The number of aliphatic hydroxyl groups is 1. The van der Waals surface area contributed by atoms with Crippen molar-refractivity contribution in [1.29, 1.82) is 0 Å². The molecule has 2 N–H and O–H groups in total. The van der Waals surface area contributed by atoms with E-state index in [1.165, 1.54) is 4.90 Å². The maximum absolute atomic E-state index is 13.5. The van der Waals surface area contributed by atoms with E-state index in [2.05, 4.69) is 11.3 Å². The van der Waals surface area contributed by atoms with E-state index < -0.39 is 38.2 Å². The zero-order valence-corrected chi connectivity index (χ0v) is 24.0. The summed E-state index contributed by atoms with van der Waals surface area (Å²) in [6.07, 6.45) is 6.17. The summed E-state index contributed by atoms with van der Waals surface area (Å²) in [6.45, 7) is 13.4. The number of hydrogen-bond donors (Lipinski definition) is 2. The quantitative estimate of drug-likeness (QED) is 0.272. The molecule has 5 atom stereocenters. The highest BCUT2D eigenvalue weighted by Crippen LogP contribution is 2.58. The highest BCUT2D eigenvalue weighted by atomic mass is 32.2. The van der Waals surface area contributed by atoms with E-state index in [-0.39, 0.29) is 48.3 Å². The number of ketones is 1. The lowest BCUT2D eigenvalue weighted by Gasteiger charge is -2.33. The number of nitrogens with one attached hydrogen (secondary N) is 1. The second-order valence-electron chi connectivity index (χ2n) is 12.7. The molecule has 0 aromatic carbocycles. The van der Waals surface area contributed by atoms with Crippen molar-refractivity contribution in [2.45, 2.75) is 116 Å². The molecule has 0 spiro atoms. The Labute approximate surface area is 222 Å². The Kier molecular flexibility index (Phi) is 8.70. The molecule has 0 bridgehead atoms. The van der Waals surface area contributed by atoms with Crippen LogP contribution in [0.1, 0.15) is 98.8 Å². The number of unbranched alkanes of at least 4 members (excludes halogenated alkanes) is 2. The second kappa shape index (κ2) is 10.8. The largest absolute Gasteiger partial charge is 0.391 e. The van der Waals surface area contributed by atoms with Gasteiger partial charge in [0.1, 0.15) is 0 Å². The number of amides is 2. The molecule has 8 nitrogen and oxygen atoms in total. The van der Waals surface area contributed by atoms with E-state index in [0.717, 1.165) is 19.3 Å².